The summed E-state index contributed by atoms with van der Waals surface area (Å²) in [6.07, 6.45) is 10.9. The van der Waals surface area contributed by atoms with Crippen molar-refractivity contribution in [1.82, 2.24) is 14.8 Å². The summed E-state index contributed by atoms with van der Waals surface area (Å²) in [7, 11) is 0. The quantitative estimate of drug-likeness (QED) is 0.754. The molecule has 2 atom stereocenters. The molecular weight excluding hydrogens is 423 g/mol. The number of carbonyl (C=O) groups excluding carboxylic acids is 2. The van der Waals surface area contributed by atoms with Gasteiger partial charge in [0.2, 0.25) is 11.8 Å². The van der Waals surface area contributed by atoms with Crippen LogP contribution in [0.15, 0.2) is 24.5 Å². The molecule has 1 aliphatic carbocycles. The predicted molar refractivity (Wildman–Crippen MR) is 122 cm³/mol. The van der Waals surface area contributed by atoms with E-state index in [1.165, 1.54) is 5.56 Å². The van der Waals surface area contributed by atoms with Gasteiger partial charge in [-0.25, -0.2) is 0 Å². The lowest BCUT2D eigenvalue weighted by molar-refractivity contribution is -0.144. The van der Waals surface area contributed by atoms with Gasteiger partial charge in [0.25, 0.3) is 0 Å². The number of pyridine rings is 1. The highest BCUT2D eigenvalue weighted by molar-refractivity contribution is 5.85. The molecule has 8 heteroatoms. The Kier molecular flexibility index (Phi) is 8.95. The number of piperidine rings is 2. The van der Waals surface area contributed by atoms with E-state index in [1.807, 2.05) is 12.1 Å². The number of amides is 2. The van der Waals surface area contributed by atoms with E-state index >= 15 is 0 Å². The maximum absolute atomic E-state index is 12.8. The van der Waals surface area contributed by atoms with E-state index in [4.69, 9.17) is 5.73 Å². The molecule has 1 aromatic rings. The number of hydrogen-bond acceptors (Lipinski definition) is 4. The number of halogens is 2. The molecule has 1 aromatic heterocycles. The van der Waals surface area contributed by atoms with E-state index in [0.29, 0.717) is 12.3 Å². The molecule has 0 bridgehead atoms. The SMILES string of the molecule is Cl.Cl.N[C@@H]1CC[C@H](C(=O)N2CCC3(CCC(=O)N(CCc4ccncc4)C3)CC2)C1. The molecule has 2 aliphatic heterocycles. The molecule has 3 heterocycles. The Morgan fingerprint density at radius 1 is 1.13 bits per heavy atom. The van der Waals surface area contributed by atoms with E-state index in [0.717, 1.165) is 71.1 Å². The van der Waals surface area contributed by atoms with Crippen LogP contribution >= 0.6 is 24.8 Å². The van der Waals surface area contributed by atoms with Crippen LogP contribution in [0.3, 0.4) is 0 Å². The maximum atomic E-state index is 12.8. The minimum absolute atomic E-state index is 0. The summed E-state index contributed by atoms with van der Waals surface area (Å²) in [6, 6.07) is 4.23. The zero-order valence-corrected chi connectivity index (χ0v) is 19.1. The van der Waals surface area contributed by atoms with Crippen molar-refractivity contribution in [2.75, 3.05) is 26.2 Å². The van der Waals surface area contributed by atoms with Crippen LogP contribution in [0.25, 0.3) is 0 Å². The minimum Gasteiger partial charge on any atom is -0.342 e. The average molecular weight is 457 g/mol. The predicted octanol–water partition coefficient (Wildman–Crippen LogP) is 2.83. The lowest BCUT2D eigenvalue weighted by atomic mass is 9.72. The first-order valence-electron chi connectivity index (χ1n) is 10.8. The Morgan fingerprint density at radius 2 is 1.83 bits per heavy atom. The van der Waals surface area contributed by atoms with Crippen molar-refractivity contribution >= 4 is 36.6 Å². The number of carbonyl (C=O) groups is 2. The topological polar surface area (TPSA) is 79.5 Å². The molecule has 4 rings (SSSR count). The van der Waals surface area contributed by atoms with E-state index in [-0.39, 0.29) is 48.1 Å². The zero-order chi connectivity index (χ0) is 19.6. The van der Waals surface area contributed by atoms with Gasteiger partial charge in [-0.3, -0.25) is 14.6 Å². The molecule has 0 aromatic carbocycles. The standard InChI is InChI=1S/C22H32N4O2.2ClH/c23-19-2-1-18(15-19)21(28)25-13-8-22(9-14-25)7-3-20(27)26(16-22)12-6-17-4-10-24-11-5-17;;/h4-5,10-11,18-19H,1-3,6-9,12-16,23H2;2*1H/t18-,19+;;/m0../s1. The molecule has 3 aliphatic rings. The van der Waals surface area contributed by atoms with Crippen LogP contribution < -0.4 is 5.73 Å². The van der Waals surface area contributed by atoms with Gasteiger partial charge in [0.1, 0.15) is 0 Å². The second-order valence-electron chi connectivity index (χ2n) is 9.02. The van der Waals surface area contributed by atoms with E-state index < -0.39 is 0 Å². The minimum atomic E-state index is 0. The molecule has 3 fully saturated rings. The highest BCUT2D eigenvalue weighted by Crippen LogP contribution is 2.41. The summed E-state index contributed by atoms with van der Waals surface area (Å²) in [5.74, 6) is 0.719. The van der Waals surface area contributed by atoms with Gasteiger partial charge in [0.05, 0.1) is 0 Å². The average Bonchev–Trinajstić information content (AvgIpc) is 3.16. The molecule has 0 radical (unpaired) electrons. The molecule has 168 valence electrons. The lowest BCUT2D eigenvalue weighted by Gasteiger charge is -2.47. The number of rotatable bonds is 4. The van der Waals surface area contributed by atoms with E-state index in [9.17, 15) is 9.59 Å². The first-order valence-corrected chi connectivity index (χ1v) is 10.8. The molecule has 2 saturated heterocycles. The molecule has 2 amide bonds. The molecule has 1 saturated carbocycles. The largest absolute Gasteiger partial charge is 0.342 e. The summed E-state index contributed by atoms with van der Waals surface area (Å²) < 4.78 is 0. The fourth-order valence-electron chi connectivity index (χ4n) is 5.23. The number of hydrogen-bond donors (Lipinski definition) is 1. The molecule has 0 unspecified atom stereocenters. The molecule has 2 N–H and O–H groups in total. The van der Waals surface area contributed by atoms with Crippen molar-refractivity contribution in [3.8, 4) is 0 Å². The van der Waals surface area contributed by atoms with Gasteiger partial charge in [-0.05, 0) is 68.1 Å². The second kappa shape index (κ2) is 10.8. The third kappa shape index (κ3) is 5.65. The fourth-order valence-corrected chi connectivity index (χ4v) is 5.23. The number of likely N-dealkylation sites (tertiary alicyclic amines) is 2. The second-order valence-corrected chi connectivity index (χ2v) is 9.02. The van der Waals surface area contributed by atoms with E-state index in [2.05, 4.69) is 14.8 Å². The first kappa shape index (κ1) is 24.9. The summed E-state index contributed by atoms with van der Waals surface area (Å²) in [5, 5.41) is 0. The van der Waals surface area contributed by atoms with Crippen molar-refractivity contribution in [1.29, 1.82) is 0 Å². The summed E-state index contributed by atoms with van der Waals surface area (Å²) in [5.41, 5.74) is 7.40. The van der Waals surface area contributed by atoms with Gasteiger partial charge in [-0.2, -0.15) is 0 Å². The Hall–Kier alpha value is -1.37. The highest BCUT2D eigenvalue weighted by atomic mass is 35.5. The maximum Gasteiger partial charge on any atom is 0.225 e. The van der Waals surface area contributed by atoms with Crippen LogP contribution in [0.1, 0.15) is 50.5 Å². The van der Waals surface area contributed by atoms with Gasteiger partial charge < -0.3 is 15.5 Å². The van der Waals surface area contributed by atoms with Gasteiger partial charge in [0, 0.05) is 57.0 Å². The van der Waals surface area contributed by atoms with Crippen molar-refractivity contribution in [3.63, 3.8) is 0 Å². The third-order valence-electron chi connectivity index (χ3n) is 7.13. The van der Waals surface area contributed by atoms with Gasteiger partial charge in [0.15, 0.2) is 0 Å². The summed E-state index contributed by atoms with van der Waals surface area (Å²) in [4.78, 5) is 33.4. The van der Waals surface area contributed by atoms with Crippen LogP contribution in [0.2, 0.25) is 0 Å². The van der Waals surface area contributed by atoms with Crippen molar-refractivity contribution in [2.45, 2.75) is 57.4 Å². The van der Waals surface area contributed by atoms with Crippen LogP contribution in [0, 0.1) is 11.3 Å². The Bertz CT molecular complexity index is 710. The van der Waals surface area contributed by atoms with Crippen LogP contribution in [-0.2, 0) is 16.0 Å². The molecule has 1 spiro atoms. The van der Waals surface area contributed by atoms with Gasteiger partial charge >= 0.3 is 0 Å². The van der Waals surface area contributed by atoms with Gasteiger partial charge in [-0.15, -0.1) is 24.8 Å². The van der Waals surface area contributed by atoms with Crippen molar-refractivity contribution in [3.05, 3.63) is 30.1 Å². The number of nitrogens with zero attached hydrogens (tertiary/aromatic N) is 3. The van der Waals surface area contributed by atoms with E-state index in [1.54, 1.807) is 12.4 Å². The molecule has 30 heavy (non-hydrogen) atoms. The zero-order valence-electron chi connectivity index (χ0n) is 17.5. The monoisotopic (exact) mass is 456 g/mol. The Labute approximate surface area is 191 Å². The number of aromatic nitrogens is 1. The van der Waals surface area contributed by atoms with Crippen molar-refractivity contribution < 1.29 is 9.59 Å². The van der Waals surface area contributed by atoms with Crippen molar-refractivity contribution in [2.24, 2.45) is 17.1 Å². The highest BCUT2D eigenvalue weighted by Gasteiger charge is 2.42. The number of nitrogens with two attached hydrogens (primary N) is 1. The van der Waals surface area contributed by atoms with Crippen LogP contribution in [0.5, 0.6) is 0 Å². The smallest absolute Gasteiger partial charge is 0.225 e. The third-order valence-corrected chi connectivity index (χ3v) is 7.13. The molecular formula is C22H34Cl2N4O2. The lowest BCUT2D eigenvalue weighted by Crippen LogP contribution is -2.53. The van der Waals surface area contributed by atoms with Crippen LogP contribution in [-0.4, -0.2) is 58.8 Å². The summed E-state index contributed by atoms with van der Waals surface area (Å²) in [6.45, 7) is 3.27. The Morgan fingerprint density at radius 3 is 2.47 bits per heavy atom. The van der Waals surface area contributed by atoms with Gasteiger partial charge in [-0.1, -0.05) is 0 Å². The van der Waals surface area contributed by atoms with Crippen LogP contribution in [0.4, 0.5) is 0 Å². The molecule has 6 nitrogen and oxygen atoms in total. The normalized spacial score (nSPS) is 25.6. The first-order chi connectivity index (χ1) is 13.5. The fraction of sp³-hybridized carbons (Fsp3) is 0.682. The summed E-state index contributed by atoms with van der Waals surface area (Å²) >= 11 is 0. The Balaban J connectivity index is 0.00000160.